The van der Waals surface area contributed by atoms with Crippen LogP contribution in [0, 0.1) is 6.92 Å². The van der Waals surface area contributed by atoms with Crippen molar-refractivity contribution in [2.24, 2.45) is 0 Å². The highest BCUT2D eigenvalue weighted by molar-refractivity contribution is 5.47. The number of anilines is 2. The van der Waals surface area contributed by atoms with Gasteiger partial charge in [0.25, 0.3) is 0 Å². The molecule has 106 valence electrons. The highest BCUT2D eigenvalue weighted by Crippen LogP contribution is 2.17. The molecule has 1 heterocycles. The summed E-state index contributed by atoms with van der Waals surface area (Å²) in [5.41, 5.74) is 2.52. The molecule has 0 aliphatic carbocycles. The van der Waals surface area contributed by atoms with Crippen LogP contribution in [0.5, 0.6) is 0 Å². The van der Waals surface area contributed by atoms with Gasteiger partial charge in [-0.25, -0.2) is 9.97 Å². The molecule has 1 aromatic carbocycles. The molecule has 0 amide bonds. The summed E-state index contributed by atoms with van der Waals surface area (Å²) < 4.78 is 0. The molecule has 2 rings (SSSR count). The third-order valence-corrected chi connectivity index (χ3v) is 3.11. The molecule has 0 radical (unpaired) electrons. The van der Waals surface area contributed by atoms with Crippen LogP contribution in [0.15, 0.2) is 30.3 Å². The number of benzene rings is 1. The SMILES string of the molecule is CNc1cc(NCc2ccc(C)cc2)nc(C(C)C)n1. The Hall–Kier alpha value is -2.10. The maximum Gasteiger partial charge on any atom is 0.135 e. The second-order valence-corrected chi connectivity index (χ2v) is 5.24. The first-order valence-corrected chi connectivity index (χ1v) is 6.94. The van der Waals surface area contributed by atoms with E-state index in [1.165, 1.54) is 11.1 Å². The predicted octanol–water partition coefficient (Wildman–Crippen LogP) is 3.56. The summed E-state index contributed by atoms with van der Waals surface area (Å²) in [5, 5.41) is 6.44. The fraction of sp³-hybridized carbons (Fsp3) is 0.375. The summed E-state index contributed by atoms with van der Waals surface area (Å²) in [6.07, 6.45) is 0. The average molecular weight is 270 g/mol. The summed E-state index contributed by atoms with van der Waals surface area (Å²) in [7, 11) is 1.87. The Bertz CT molecular complexity index is 561. The number of rotatable bonds is 5. The van der Waals surface area contributed by atoms with Crippen molar-refractivity contribution in [3.63, 3.8) is 0 Å². The summed E-state index contributed by atoms with van der Waals surface area (Å²) >= 11 is 0. The molecule has 4 nitrogen and oxygen atoms in total. The molecule has 0 atom stereocenters. The van der Waals surface area contributed by atoms with Crippen molar-refractivity contribution in [2.75, 3.05) is 17.7 Å². The largest absolute Gasteiger partial charge is 0.373 e. The van der Waals surface area contributed by atoms with Crippen LogP contribution in [0.4, 0.5) is 11.6 Å². The minimum absolute atomic E-state index is 0.309. The van der Waals surface area contributed by atoms with Gasteiger partial charge in [0.15, 0.2) is 0 Å². The van der Waals surface area contributed by atoms with E-state index < -0.39 is 0 Å². The Morgan fingerprint density at radius 1 is 1.05 bits per heavy atom. The van der Waals surface area contributed by atoms with Crippen LogP contribution in [0.2, 0.25) is 0 Å². The summed E-state index contributed by atoms with van der Waals surface area (Å²) in [5.74, 6) is 2.86. The van der Waals surface area contributed by atoms with E-state index in [4.69, 9.17) is 0 Å². The maximum atomic E-state index is 4.55. The van der Waals surface area contributed by atoms with Crippen molar-refractivity contribution < 1.29 is 0 Å². The quantitative estimate of drug-likeness (QED) is 0.872. The van der Waals surface area contributed by atoms with Crippen molar-refractivity contribution in [1.82, 2.24) is 9.97 Å². The third kappa shape index (κ3) is 3.70. The lowest BCUT2D eigenvalue weighted by atomic mass is 10.1. The van der Waals surface area contributed by atoms with Gasteiger partial charge in [-0.3, -0.25) is 0 Å². The smallest absolute Gasteiger partial charge is 0.135 e. The minimum Gasteiger partial charge on any atom is -0.373 e. The zero-order valence-electron chi connectivity index (χ0n) is 12.6. The van der Waals surface area contributed by atoms with Crippen LogP contribution in [0.3, 0.4) is 0 Å². The van der Waals surface area contributed by atoms with Crippen LogP contribution in [-0.2, 0) is 6.54 Å². The monoisotopic (exact) mass is 270 g/mol. The second kappa shape index (κ2) is 6.37. The van der Waals surface area contributed by atoms with Gasteiger partial charge < -0.3 is 10.6 Å². The fourth-order valence-electron chi connectivity index (χ4n) is 1.84. The summed E-state index contributed by atoms with van der Waals surface area (Å²) in [4.78, 5) is 9.01. The van der Waals surface area contributed by atoms with E-state index in [9.17, 15) is 0 Å². The molecular formula is C16H22N4. The number of aromatic nitrogens is 2. The Labute approximate surface area is 120 Å². The predicted molar refractivity (Wildman–Crippen MR) is 84.2 cm³/mol. The maximum absolute atomic E-state index is 4.55. The number of hydrogen-bond donors (Lipinski definition) is 2. The first-order valence-electron chi connectivity index (χ1n) is 6.94. The van der Waals surface area contributed by atoms with Gasteiger partial charge in [-0.2, -0.15) is 0 Å². The van der Waals surface area contributed by atoms with Crippen molar-refractivity contribution in [3.05, 3.63) is 47.3 Å². The minimum atomic E-state index is 0.309. The van der Waals surface area contributed by atoms with Crippen molar-refractivity contribution in [2.45, 2.75) is 33.2 Å². The van der Waals surface area contributed by atoms with Crippen LogP contribution in [0.25, 0.3) is 0 Å². The number of nitrogens with zero attached hydrogens (tertiary/aromatic N) is 2. The van der Waals surface area contributed by atoms with Crippen molar-refractivity contribution in [3.8, 4) is 0 Å². The van der Waals surface area contributed by atoms with E-state index in [1.807, 2.05) is 13.1 Å². The molecule has 0 bridgehead atoms. The molecule has 0 fully saturated rings. The second-order valence-electron chi connectivity index (χ2n) is 5.24. The number of hydrogen-bond acceptors (Lipinski definition) is 4. The van der Waals surface area contributed by atoms with E-state index in [2.05, 4.69) is 65.6 Å². The third-order valence-electron chi connectivity index (χ3n) is 3.11. The van der Waals surface area contributed by atoms with Gasteiger partial charge in [-0.15, -0.1) is 0 Å². The molecule has 0 saturated carbocycles. The molecule has 0 aliphatic rings. The van der Waals surface area contributed by atoms with Gasteiger partial charge in [-0.05, 0) is 12.5 Å². The molecule has 0 spiro atoms. The fourth-order valence-corrected chi connectivity index (χ4v) is 1.84. The zero-order valence-corrected chi connectivity index (χ0v) is 12.6. The van der Waals surface area contributed by atoms with Crippen molar-refractivity contribution in [1.29, 1.82) is 0 Å². The summed E-state index contributed by atoms with van der Waals surface area (Å²) in [6, 6.07) is 10.4. The van der Waals surface area contributed by atoms with E-state index in [0.29, 0.717) is 5.92 Å². The standard InChI is InChI=1S/C16H22N4/c1-11(2)16-19-14(17-4)9-15(20-16)18-10-13-7-5-12(3)6-8-13/h5-9,11H,10H2,1-4H3,(H2,17,18,19,20). The van der Waals surface area contributed by atoms with Gasteiger partial charge in [0.1, 0.15) is 17.5 Å². The summed E-state index contributed by atoms with van der Waals surface area (Å²) in [6.45, 7) is 7.05. The molecular weight excluding hydrogens is 248 g/mol. The molecule has 4 heteroatoms. The molecule has 0 aliphatic heterocycles. The first kappa shape index (κ1) is 14.3. The first-order chi connectivity index (χ1) is 9.58. The molecule has 2 N–H and O–H groups in total. The van der Waals surface area contributed by atoms with E-state index in [-0.39, 0.29) is 0 Å². The normalized spacial score (nSPS) is 10.7. The topological polar surface area (TPSA) is 49.8 Å². The number of aryl methyl sites for hydroxylation is 1. The highest BCUT2D eigenvalue weighted by Gasteiger charge is 2.07. The van der Waals surface area contributed by atoms with Gasteiger partial charge >= 0.3 is 0 Å². The Morgan fingerprint density at radius 2 is 1.70 bits per heavy atom. The van der Waals surface area contributed by atoms with Gasteiger partial charge in [0.05, 0.1) is 0 Å². The number of nitrogens with one attached hydrogen (secondary N) is 2. The van der Waals surface area contributed by atoms with E-state index >= 15 is 0 Å². The lowest BCUT2D eigenvalue weighted by Crippen LogP contribution is -2.07. The van der Waals surface area contributed by atoms with Gasteiger partial charge in [-0.1, -0.05) is 43.7 Å². The Balaban J connectivity index is 2.12. The average Bonchev–Trinajstić information content (AvgIpc) is 2.46. The lowest BCUT2D eigenvalue weighted by molar-refractivity contribution is 0.776. The highest BCUT2D eigenvalue weighted by atomic mass is 15.1. The van der Waals surface area contributed by atoms with Crippen LogP contribution in [0.1, 0.15) is 36.7 Å². The molecule has 2 aromatic rings. The van der Waals surface area contributed by atoms with Crippen LogP contribution < -0.4 is 10.6 Å². The Morgan fingerprint density at radius 3 is 2.30 bits per heavy atom. The zero-order chi connectivity index (χ0) is 14.5. The van der Waals surface area contributed by atoms with Gasteiger partial charge in [0.2, 0.25) is 0 Å². The van der Waals surface area contributed by atoms with E-state index in [1.54, 1.807) is 0 Å². The molecule has 0 unspecified atom stereocenters. The molecule has 0 saturated heterocycles. The van der Waals surface area contributed by atoms with Crippen molar-refractivity contribution >= 4 is 11.6 Å². The van der Waals surface area contributed by atoms with Gasteiger partial charge in [0, 0.05) is 25.6 Å². The molecule has 1 aromatic heterocycles. The van der Waals surface area contributed by atoms with Crippen LogP contribution >= 0.6 is 0 Å². The lowest BCUT2D eigenvalue weighted by Gasteiger charge is -2.11. The van der Waals surface area contributed by atoms with E-state index in [0.717, 1.165) is 24.0 Å². The molecule has 20 heavy (non-hydrogen) atoms. The van der Waals surface area contributed by atoms with Crippen LogP contribution in [-0.4, -0.2) is 17.0 Å². The Kier molecular flexibility index (Phi) is 4.56.